The first-order chi connectivity index (χ1) is 8.24. The lowest BCUT2D eigenvalue weighted by atomic mass is 10.2. The maximum atomic E-state index is 5.83. The Morgan fingerprint density at radius 2 is 1.88 bits per heavy atom. The van der Waals surface area contributed by atoms with Gasteiger partial charge in [-0.2, -0.15) is 0 Å². The quantitative estimate of drug-likeness (QED) is 0.823. The van der Waals surface area contributed by atoms with Crippen molar-refractivity contribution in [2.45, 2.75) is 38.3 Å². The summed E-state index contributed by atoms with van der Waals surface area (Å²) in [6.45, 7) is 0.746. The van der Waals surface area contributed by atoms with Gasteiger partial charge in [-0.3, -0.25) is 0 Å². The first-order valence-corrected chi connectivity index (χ1v) is 6.81. The molecule has 1 aromatic rings. The maximum Gasteiger partial charge on any atom is 0.166 e. The third-order valence-electron chi connectivity index (χ3n) is 3.06. The molecule has 0 unspecified atom stereocenters. The minimum Gasteiger partial charge on any atom is -0.360 e. The zero-order valence-corrected chi connectivity index (χ0v) is 11.3. The lowest BCUT2D eigenvalue weighted by Gasteiger charge is -2.15. The Balaban J connectivity index is 1.73. The predicted octanol–water partition coefficient (Wildman–Crippen LogP) is 3.25. The van der Waals surface area contributed by atoms with E-state index in [9.17, 15) is 0 Å². The van der Waals surface area contributed by atoms with E-state index < -0.39 is 0 Å². The van der Waals surface area contributed by atoms with Crippen LogP contribution in [0.15, 0.2) is 24.3 Å². The molecule has 2 nitrogen and oxygen atoms in total. The van der Waals surface area contributed by atoms with E-state index in [-0.39, 0.29) is 0 Å². The highest BCUT2D eigenvalue weighted by atomic mass is 35.5. The van der Waals surface area contributed by atoms with Gasteiger partial charge in [0.2, 0.25) is 0 Å². The molecular weight excluding hydrogens is 252 g/mol. The Hall–Kier alpha value is -0.800. The van der Waals surface area contributed by atoms with E-state index >= 15 is 0 Å². The highest BCUT2D eigenvalue weighted by Crippen LogP contribution is 2.17. The maximum absolute atomic E-state index is 5.83. The van der Waals surface area contributed by atoms with E-state index in [4.69, 9.17) is 23.8 Å². The second-order valence-corrected chi connectivity index (χ2v) is 5.28. The third kappa shape index (κ3) is 4.17. The monoisotopic (exact) mass is 268 g/mol. The number of hydrogen-bond acceptors (Lipinski definition) is 1. The minimum atomic E-state index is 0.570. The zero-order chi connectivity index (χ0) is 12.1. The van der Waals surface area contributed by atoms with Gasteiger partial charge in [-0.25, -0.2) is 0 Å². The molecular formula is C13H17ClN2S. The van der Waals surface area contributed by atoms with E-state index in [2.05, 4.69) is 10.6 Å². The van der Waals surface area contributed by atoms with Gasteiger partial charge in [0.15, 0.2) is 5.11 Å². The van der Waals surface area contributed by atoms with Crippen molar-refractivity contribution in [2.24, 2.45) is 0 Å². The van der Waals surface area contributed by atoms with E-state index in [1.807, 2.05) is 24.3 Å². The molecule has 17 heavy (non-hydrogen) atoms. The normalized spacial score (nSPS) is 15.8. The first-order valence-electron chi connectivity index (χ1n) is 6.03. The molecule has 2 N–H and O–H groups in total. The van der Waals surface area contributed by atoms with Crippen molar-refractivity contribution in [3.8, 4) is 0 Å². The average Bonchev–Trinajstić information content (AvgIpc) is 2.81. The molecule has 0 radical (unpaired) electrons. The van der Waals surface area contributed by atoms with Crippen LogP contribution in [-0.4, -0.2) is 11.2 Å². The fourth-order valence-electron chi connectivity index (χ4n) is 2.09. The Bertz CT molecular complexity index is 372. The van der Waals surface area contributed by atoms with Crippen molar-refractivity contribution < 1.29 is 0 Å². The van der Waals surface area contributed by atoms with Gasteiger partial charge in [-0.1, -0.05) is 36.6 Å². The van der Waals surface area contributed by atoms with Crippen LogP contribution >= 0.6 is 23.8 Å². The van der Waals surface area contributed by atoms with Crippen molar-refractivity contribution in [3.05, 3.63) is 34.9 Å². The average molecular weight is 269 g/mol. The molecule has 4 heteroatoms. The summed E-state index contributed by atoms with van der Waals surface area (Å²) in [7, 11) is 0. The zero-order valence-electron chi connectivity index (χ0n) is 9.71. The number of hydrogen-bond donors (Lipinski definition) is 2. The number of thiocarbonyl (C=S) groups is 1. The smallest absolute Gasteiger partial charge is 0.166 e. The van der Waals surface area contributed by atoms with Crippen LogP contribution in [0.1, 0.15) is 31.2 Å². The lowest BCUT2D eigenvalue weighted by Crippen LogP contribution is -2.40. The van der Waals surface area contributed by atoms with Crippen molar-refractivity contribution in [1.82, 2.24) is 10.6 Å². The summed E-state index contributed by atoms with van der Waals surface area (Å²) >= 11 is 11.1. The number of halogens is 1. The second-order valence-electron chi connectivity index (χ2n) is 4.43. The predicted molar refractivity (Wildman–Crippen MR) is 76.3 cm³/mol. The summed E-state index contributed by atoms with van der Waals surface area (Å²) in [5.74, 6) is 0. The molecule has 2 rings (SSSR count). The van der Waals surface area contributed by atoms with Crippen molar-refractivity contribution in [2.75, 3.05) is 0 Å². The Morgan fingerprint density at radius 3 is 2.53 bits per heavy atom. The molecule has 1 aliphatic carbocycles. The molecule has 92 valence electrons. The summed E-state index contributed by atoms with van der Waals surface area (Å²) < 4.78 is 0. The van der Waals surface area contributed by atoms with Gasteiger partial charge in [0.1, 0.15) is 0 Å². The highest BCUT2D eigenvalue weighted by Gasteiger charge is 2.14. The van der Waals surface area contributed by atoms with Crippen LogP contribution in [-0.2, 0) is 6.54 Å². The number of benzene rings is 1. The third-order valence-corrected chi connectivity index (χ3v) is 3.57. The van der Waals surface area contributed by atoms with E-state index in [0.717, 1.165) is 16.7 Å². The SMILES string of the molecule is S=C(NCc1ccc(Cl)cc1)NC1CCCC1. The second kappa shape index (κ2) is 6.22. The summed E-state index contributed by atoms with van der Waals surface area (Å²) in [5.41, 5.74) is 1.19. The molecule has 1 fully saturated rings. The van der Waals surface area contributed by atoms with E-state index in [1.165, 1.54) is 31.2 Å². The first kappa shape index (κ1) is 12.7. The molecule has 0 bridgehead atoms. The topological polar surface area (TPSA) is 24.1 Å². The molecule has 1 aliphatic rings. The molecule has 1 aromatic carbocycles. The molecule has 0 aromatic heterocycles. The van der Waals surface area contributed by atoms with Gasteiger partial charge in [0.05, 0.1) is 0 Å². The summed E-state index contributed by atoms with van der Waals surface area (Å²) in [5, 5.41) is 8.10. The Kier molecular flexibility index (Phi) is 4.63. The fraction of sp³-hybridized carbons (Fsp3) is 0.462. The van der Waals surface area contributed by atoms with Crippen LogP contribution in [0.2, 0.25) is 5.02 Å². The summed E-state index contributed by atoms with van der Waals surface area (Å²) in [6.07, 6.45) is 5.11. The van der Waals surface area contributed by atoms with Crippen molar-refractivity contribution >= 4 is 28.9 Å². The molecule has 0 heterocycles. The van der Waals surface area contributed by atoms with Gasteiger partial charge in [0.25, 0.3) is 0 Å². The number of rotatable bonds is 3. The Morgan fingerprint density at radius 1 is 1.24 bits per heavy atom. The van der Waals surface area contributed by atoms with E-state index in [1.54, 1.807) is 0 Å². The van der Waals surface area contributed by atoms with Gasteiger partial charge < -0.3 is 10.6 Å². The number of nitrogens with one attached hydrogen (secondary N) is 2. The minimum absolute atomic E-state index is 0.570. The molecule has 0 spiro atoms. The Labute approximate surface area is 113 Å². The van der Waals surface area contributed by atoms with Crippen LogP contribution in [0, 0.1) is 0 Å². The standard InChI is InChI=1S/C13H17ClN2S/c14-11-7-5-10(6-8-11)9-15-13(17)16-12-3-1-2-4-12/h5-8,12H,1-4,9H2,(H2,15,16,17). The van der Waals surface area contributed by atoms with Crippen LogP contribution < -0.4 is 10.6 Å². The fourth-order valence-corrected chi connectivity index (χ4v) is 2.46. The van der Waals surface area contributed by atoms with Crippen molar-refractivity contribution in [3.63, 3.8) is 0 Å². The summed E-state index contributed by atoms with van der Waals surface area (Å²) in [4.78, 5) is 0. The molecule has 0 saturated heterocycles. The van der Waals surface area contributed by atoms with Gasteiger partial charge in [-0.05, 0) is 42.8 Å². The van der Waals surface area contributed by atoms with Crippen LogP contribution in [0.4, 0.5) is 0 Å². The molecule has 0 aliphatic heterocycles. The summed E-state index contributed by atoms with van der Waals surface area (Å²) in [6, 6.07) is 8.37. The molecule has 1 saturated carbocycles. The lowest BCUT2D eigenvalue weighted by molar-refractivity contribution is 0.621. The van der Waals surface area contributed by atoms with E-state index in [0.29, 0.717) is 6.04 Å². The van der Waals surface area contributed by atoms with Crippen LogP contribution in [0.25, 0.3) is 0 Å². The van der Waals surface area contributed by atoms with Crippen LogP contribution in [0.5, 0.6) is 0 Å². The van der Waals surface area contributed by atoms with Gasteiger partial charge in [-0.15, -0.1) is 0 Å². The highest BCUT2D eigenvalue weighted by molar-refractivity contribution is 7.80. The molecule has 0 amide bonds. The molecule has 0 atom stereocenters. The largest absolute Gasteiger partial charge is 0.360 e. The van der Waals surface area contributed by atoms with Crippen molar-refractivity contribution in [1.29, 1.82) is 0 Å². The van der Waals surface area contributed by atoms with Gasteiger partial charge >= 0.3 is 0 Å². The van der Waals surface area contributed by atoms with Gasteiger partial charge in [0, 0.05) is 17.6 Å². The van der Waals surface area contributed by atoms with Crippen LogP contribution in [0.3, 0.4) is 0 Å².